The highest BCUT2D eigenvalue weighted by molar-refractivity contribution is 5.78. The van der Waals surface area contributed by atoms with E-state index in [1.54, 1.807) is 0 Å². The zero-order chi connectivity index (χ0) is 14.7. The largest absolute Gasteiger partial charge is 0.327 e. The molecule has 0 aliphatic heterocycles. The third-order valence-electron chi connectivity index (χ3n) is 3.42. The second-order valence-electron chi connectivity index (χ2n) is 7.14. The Labute approximate surface area is 120 Å². The van der Waals surface area contributed by atoms with Crippen molar-refractivity contribution in [2.24, 2.45) is 11.1 Å². The lowest BCUT2D eigenvalue weighted by molar-refractivity contribution is -0.119. The van der Waals surface area contributed by atoms with Crippen LogP contribution in [0.4, 0.5) is 0 Å². The smallest absolute Gasteiger partial charge is 0.134 e. The zero-order valence-electron chi connectivity index (χ0n) is 13.6. The van der Waals surface area contributed by atoms with E-state index in [1.165, 1.54) is 38.5 Å². The van der Waals surface area contributed by atoms with Gasteiger partial charge in [0, 0.05) is 18.9 Å². The van der Waals surface area contributed by atoms with Gasteiger partial charge in [-0.3, -0.25) is 4.79 Å². The molecule has 0 aromatic carbocycles. The lowest BCUT2D eigenvalue weighted by Gasteiger charge is -2.22. The van der Waals surface area contributed by atoms with Crippen molar-refractivity contribution in [1.82, 2.24) is 0 Å². The van der Waals surface area contributed by atoms with Gasteiger partial charge in [-0.05, 0) is 18.3 Å². The predicted octanol–water partition coefficient (Wildman–Crippen LogP) is 4.85. The highest BCUT2D eigenvalue weighted by Crippen LogP contribution is 2.21. The molecule has 0 aromatic rings. The van der Waals surface area contributed by atoms with Gasteiger partial charge in [0.1, 0.15) is 5.78 Å². The van der Waals surface area contributed by atoms with E-state index in [-0.39, 0.29) is 11.5 Å². The molecule has 19 heavy (non-hydrogen) atoms. The van der Waals surface area contributed by atoms with Crippen LogP contribution in [0.2, 0.25) is 0 Å². The summed E-state index contributed by atoms with van der Waals surface area (Å²) in [4.78, 5) is 11.8. The minimum absolute atomic E-state index is 0.0389. The number of carbonyl (C=O) groups is 1. The molecule has 0 radical (unpaired) electrons. The van der Waals surface area contributed by atoms with Crippen LogP contribution in [0.15, 0.2) is 0 Å². The maximum Gasteiger partial charge on any atom is 0.134 e. The van der Waals surface area contributed by atoms with Gasteiger partial charge in [-0.2, -0.15) is 0 Å². The maximum absolute atomic E-state index is 11.8. The summed E-state index contributed by atoms with van der Waals surface area (Å²) in [7, 11) is 0. The van der Waals surface area contributed by atoms with Gasteiger partial charge in [0.2, 0.25) is 0 Å². The molecule has 0 aliphatic rings. The van der Waals surface area contributed by atoms with Gasteiger partial charge in [0.15, 0.2) is 0 Å². The Bertz CT molecular complexity index is 230. The first-order valence-electron chi connectivity index (χ1n) is 8.12. The molecule has 2 heteroatoms. The molecular weight excluding hydrogens is 234 g/mol. The third-order valence-corrected chi connectivity index (χ3v) is 3.42. The second kappa shape index (κ2) is 10.4. The first-order chi connectivity index (χ1) is 8.85. The SMILES string of the molecule is CCCCCCCCCC(=O)CC(N)CC(C)(C)C. The van der Waals surface area contributed by atoms with Gasteiger partial charge in [-0.15, -0.1) is 0 Å². The molecule has 0 spiro atoms. The Kier molecular flexibility index (Phi) is 10.2. The second-order valence-corrected chi connectivity index (χ2v) is 7.14. The number of unbranched alkanes of at least 4 members (excludes halogenated alkanes) is 6. The average molecular weight is 269 g/mol. The summed E-state index contributed by atoms with van der Waals surface area (Å²) in [6.07, 6.45) is 11.1. The minimum atomic E-state index is 0.0389. The van der Waals surface area contributed by atoms with Crippen LogP contribution in [-0.2, 0) is 4.79 Å². The van der Waals surface area contributed by atoms with Crippen molar-refractivity contribution in [1.29, 1.82) is 0 Å². The minimum Gasteiger partial charge on any atom is -0.327 e. The molecule has 0 aliphatic carbocycles. The molecule has 0 amide bonds. The fraction of sp³-hybridized carbons (Fsp3) is 0.941. The average Bonchev–Trinajstić information content (AvgIpc) is 2.25. The van der Waals surface area contributed by atoms with Crippen LogP contribution in [-0.4, -0.2) is 11.8 Å². The van der Waals surface area contributed by atoms with Crippen molar-refractivity contribution in [3.05, 3.63) is 0 Å². The fourth-order valence-electron chi connectivity index (χ4n) is 2.53. The summed E-state index contributed by atoms with van der Waals surface area (Å²) < 4.78 is 0. The highest BCUT2D eigenvalue weighted by Gasteiger charge is 2.17. The Morgan fingerprint density at radius 1 is 1.00 bits per heavy atom. The summed E-state index contributed by atoms with van der Waals surface area (Å²) in [6.45, 7) is 8.76. The number of hydrogen-bond donors (Lipinski definition) is 1. The van der Waals surface area contributed by atoms with E-state index in [0.717, 1.165) is 19.3 Å². The molecule has 0 fully saturated rings. The Morgan fingerprint density at radius 3 is 2.05 bits per heavy atom. The van der Waals surface area contributed by atoms with Gasteiger partial charge >= 0.3 is 0 Å². The van der Waals surface area contributed by atoms with Crippen LogP contribution in [0.1, 0.15) is 91.9 Å². The lowest BCUT2D eigenvalue weighted by Crippen LogP contribution is -2.28. The standard InChI is InChI=1S/C17H35NO/c1-5-6-7-8-9-10-11-12-16(19)13-15(18)14-17(2,3)4/h15H,5-14,18H2,1-4H3. The third kappa shape index (κ3) is 13.9. The molecule has 0 bridgehead atoms. The monoisotopic (exact) mass is 269 g/mol. The molecule has 1 unspecified atom stereocenters. The molecule has 114 valence electrons. The van der Waals surface area contributed by atoms with E-state index in [9.17, 15) is 4.79 Å². The molecule has 2 N–H and O–H groups in total. The molecule has 0 saturated heterocycles. The van der Waals surface area contributed by atoms with Crippen molar-refractivity contribution in [3.8, 4) is 0 Å². The summed E-state index contributed by atoms with van der Waals surface area (Å²) in [5.41, 5.74) is 6.25. The van der Waals surface area contributed by atoms with Crippen molar-refractivity contribution >= 4 is 5.78 Å². The number of nitrogens with two attached hydrogens (primary N) is 1. The first-order valence-corrected chi connectivity index (χ1v) is 8.12. The normalized spacial score (nSPS) is 13.5. The van der Waals surface area contributed by atoms with Crippen LogP contribution < -0.4 is 5.73 Å². The van der Waals surface area contributed by atoms with E-state index in [1.807, 2.05) is 0 Å². The predicted molar refractivity (Wildman–Crippen MR) is 84.3 cm³/mol. The Morgan fingerprint density at radius 2 is 1.53 bits per heavy atom. The molecule has 0 saturated carbocycles. The van der Waals surface area contributed by atoms with E-state index in [2.05, 4.69) is 27.7 Å². The molecular formula is C17H35NO. The fourth-order valence-corrected chi connectivity index (χ4v) is 2.53. The van der Waals surface area contributed by atoms with Gasteiger partial charge in [0.25, 0.3) is 0 Å². The Balaban J connectivity index is 3.49. The Hall–Kier alpha value is -0.370. The summed E-state index contributed by atoms with van der Waals surface area (Å²) in [5, 5.41) is 0. The van der Waals surface area contributed by atoms with E-state index >= 15 is 0 Å². The molecule has 1 atom stereocenters. The van der Waals surface area contributed by atoms with Crippen molar-refractivity contribution < 1.29 is 4.79 Å². The number of rotatable bonds is 11. The number of Topliss-reactive ketones (excluding diaryl/α,β-unsaturated/α-hetero) is 1. The number of carbonyl (C=O) groups excluding carboxylic acids is 1. The quantitative estimate of drug-likeness (QED) is 0.545. The summed E-state index contributed by atoms with van der Waals surface area (Å²) in [5.74, 6) is 0.352. The summed E-state index contributed by atoms with van der Waals surface area (Å²) in [6, 6.07) is 0.0389. The van der Waals surface area contributed by atoms with Crippen molar-refractivity contribution in [2.75, 3.05) is 0 Å². The number of ketones is 1. The highest BCUT2D eigenvalue weighted by atomic mass is 16.1. The molecule has 0 heterocycles. The van der Waals surface area contributed by atoms with Crippen LogP contribution in [0, 0.1) is 5.41 Å². The van der Waals surface area contributed by atoms with Crippen LogP contribution in [0.5, 0.6) is 0 Å². The molecule has 2 nitrogen and oxygen atoms in total. The molecule has 0 aromatic heterocycles. The number of hydrogen-bond acceptors (Lipinski definition) is 2. The molecule has 0 rings (SSSR count). The first kappa shape index (κ1) is 18.6. The van der Waals surface area contributed by atoms with Gasteiger partial charge in [-0.25, -0.2) is 0 Å². The van der Waals surface area contributed by atoms with Crippen molar-refractivity contribution in [3.63, 3.8) is 0 Å². The lowest BCUT2D eigenvalue weighted by atomic mass is 9.86. The van der Waals surface area contributed by atoms with Crippen LogP contribution in [0.25, 0.3) is 0 Å². The maximum atomic E-state index is 11.8. The van der Waals surface area contributed by atoms with E-state index in [0.29, 0.717) is 12.2 Å². The van der Waals surface area contributed by atoms with Crippen LogP contribution >= 0.6 is 0 Å². The van der Waals surface area contributed by atoms with Crippen molar-refractivity contribution in [2.45, 2.75) is 97.9 Å². The van der Waals surface area contributed by atoms with Crippen LogP contribution in [0.3, 0.4) is 0 Å². The summed E-state index contributed by atoms with van der Waals surface area (Å²) >= 11 is 0. The zero-order valence-corrected chi connectivity index (χ0v) is 13.6. The van der Waals surface area contributed by atoms with E-state index in [4.69, 9.17) is 5.73 Å². The topological polar surface area (TPSA) is 43.1 Å². The van der Waals surface area contributed by atoms with Gasteiger partial charge < -0.3 is 5.73 Å². The van der Waals surface area contributed by atoms with E-state index < -0.39 is 0 Å². The van der Waals surface area contributed by atoms with Gasteiger partial charge in [-0.1, -0.05) is 66.2 Å². The van der Waals surface area contributed by atoms with Gasteiger partial charge in [0.05, 0.1) is 0 Å².